The van der Waals surface area contributed by atoms with E-state index in [9.17, 15) is 15.0 Å². The van der Waals surface area contributed by atoms with Crippen LogP contribution in [0.3, 0.4) is 0 Å². The minimum atomic E-state index is -1.94. The highest BCUT2D eigenvalue weighted by Gasteiger charge is 2.51. The molecule has 2 aliphatic heterocycles. The lowest BCUT2D eigenvalue weighted by Crippen LogP contribution is -2.52. The molecule has 2 aliphatic rings. The van der Waals surface area contributed by atoms with E-state index in [1.807, 2.05) is 13.0 Å². The average molecular weight is 498 g/mol. The molecule has 2 aromatic rings. The van der Waals surface area contributed by atoms with Crippen molar-refractivity contribution in [3.8, 4) is 11.5 Å². The van der Waals surface area contributed by atoms with E-state index in [1.54, 1.807) is 56.7 Å². The molecule has 0 aliphatic carbocycles. The third kappa shape index (κ3) is 4.39. The molecule has 2 aromatic carbocycles. The normalized spacial score (nSPS) is 29.6. The third-order valence-corrected chi connectivity index (χ3v) is 7.37. The van der Waals surface area contributed by atoms with E-state index in [4.69, 9.17) is 18.9 Å². The van der Waals surface area contributed by atoms with Crippen LogP contribution in [0, 0.1) is 5.41 Å². The molecule has 8 nitrogen and oxygen atoms in total. The van der Waals surface area contributed by atoms with Crippen molar-refractivity contribution < 1.29 is 34.0 Å². The van der Waals surface area contributed by atoms with Crippen molar-refractivity contribution in [2.75, 3.05) is 33.3 Å². The van der Waals surface area contributed by atoms with Crippen molar-refractivity contribution >= 4 is 17.7 Å². The molecule has 0 aromatic heterocycles. The Kier molecular flexibility index (Phi) is 6.92. The maximum absolute atomic E-state index is 12.8. The number of amides is 1. The lowest BCUT2D eigenvalue weighted by Gasteiger charge is -2.45. The Morgan fingerprint density at radius 3 is 2.36 bits per heavy atom. The molecule has 3 N–H and O–H groups in total. The summed E-state index contributed by atoms with van der Waals surface area (Å²) in [5.41, 5.74) is -1.34. The Bertz CT molecular complexity index is 1160. The molecule has 194 valence electrons. The number of hydrogen-bond acceptors (Lipinski definition) is 7. The molecule has 8 heteroatoms. The fourth-order valence-corrected chi connectivity index (χ4v) is 5.10. The number of aliphatic hydroxyl groups is 1. The number of ether oxygens (including phenoxy) is 4. The van der Waals surface area contributed by atoms with Gasteiger partial charge in [0.15, 0.2) is 11.7 Å². The molecule has 4 atom stereocenters. The van der Waals surface area contributed by atoms with Crippen molar-refractivity contribution in [3.63, 3.8) is 0 Å². The number of nitrogens with one attached hydrogen (secondary N) is 1. The lowest BCUT2D eigenvalue weighted by atomic mass is 9.76. The van der Waals surface area contributed by atoms with Gasteiger partial charge in [0, 0.05) is 31.6 Å². The minimum absolute atomic E-state index is 0.0101. The van der Waals surface area contributed by atoms with Crippen LogP contribution >= 0.6 is 0 Å². The highest BCUT2D eigenvalue weighted by atomic mass is 16.5. The molecule has 36 heavy (non-hydrogen) atoms. The fourth-order valence-electron chi connectivity index (χ4n) is 5.10. The van der Waals surface area contributed by atoms with Gasteiger partial charge in [0.2, 0.25) is 0 Å². The summed E-state index contributed by atoms with van der Waals surface area (Å²) in [6.07, 6.45) is 3.05. The van der Waals surface area contributed by atoms with E-state index < -0.39 is 23.2 Å². The number of rotatable bonds is 6. The zero-order valence-electron chi connectivity index (χ0n) is 21.6. The number of phenols is 1. The molecule has 0 saturated carbocycles. The van der Waals surface area contributed by atoms with Crippen LogP contribution in [0.2, 0.25) is 0 Å². The first-order valence-electron chi connectivity index (χ1n) is 11.9. The van der Waals surface area contributed by atoms with Gasteiger partial charge in [0.25, 0.3) is 5.91 Å². The summed E-state index contributed by atoms with van der Waals surface area (Å²) in [6.45, 7) is 6.73. The topological polar surface area (TPSA) is 106 Å². The summed E-state index contributed by atoms with van der Waals surface area (Å²) in [5.74, 6) is -0.0783. The number of fused-ring (bicyclic) bond motifs is 1. The number of aromatic hydroxyl groups is 1. The van der Waals surface area contributed by atoms with Crippen LogP contribution in [-0.2, 0) is 24.6 Å². The number of carbonyl (C=O) groups is 1. The molecular formula is C28H35NO7. The van der Waals surface area contributed by atoms with E-state index in [2.05, 4.69) is 19.2 Å². The largest absolute Gasteiger partial charge is 0.507 e. The first-order chi connectivity index (χ1) is 17.0. The Morgan fingerprint density at radius 1 is 1.06 bits per heavy atom. The number of phenolic OH excluding ortho intramolecular Hbond substituents is 1. The summed E-state index contributed by atoms with van der Waals surface area (Å²) < 4.78 is 22.6. The van der Waals surface area contributed by atoms with Gasteiger partial charge in [-0.1, -0.05) is 38.1 Å². The van der Waals surface area contributed by atoms with Crippen molar-refractivity contribution in [3.05, 3.63) is 59.2 Å². The summed E-state index contributed by atoms with van der Waals surface area (Å²) in [4.78, 5) is 12.8. The molecule has 2 heterocycles. The van der Waals surface area contributed by atoms with E-state index in [-0.39, 0.29) is 22.8 Å². The van der Waals surface area contributed by atoms with Gasteiger partial charge in [0.05, 0.1) is 36.7 Å². The van der Waals surface area contributed by atoms with E-state index in [0.29, 0.717) is 35.6 Å². The van der Waals surface area contributed by atoms with Crippen LogP contribution in [0.15, 0.2) is 42.5 Å². The number of anilines is 1. The first kappa shape index (κ1) is 26.2. The highest BCUT2D eigenvalue weighted by Crippen LogP contribution is 2.48. The summed E-state index contributed by atoms with van der Waals surface area (Å²) in [7, 11) is 4.60. The quantitative estimate of drug-likeness (QED) is 0.557. The van der Waals surface area contributed by atoms with E-state index in [0.717, 1.165) is 0 Å². The number of benzene rings is 2. The summed E-state index contributed by atoms with van der Waals surface area (Å²) in [5, 5.41) is 26.2. The van der Waals surface area contributed by atoms with Crippen LogP contribution in [0.1, 0.15) is 43.9 Å². The molecule has 1 amide bonds. The number of methoxy groups -OCH3 is 3. The molecule has 4 unspecified atom stereocenters. The lowest BCUT2D eigenvalue weighted by molar-refractivity contribution is -0.157. The standard InChI is InChI=1S/C28H35NO7/c1-26(2)16-36-27(3,15-21(26)34-5)14-13-17-7-12-20-22(23(17)30)28(32,24(35-6)25(31)29-20)18-8-10-19(33-4)11-9-18/h7-14,21,24,30,32H,15-16H2,1-6H3,(H,29,31)/b14-13+. The van der Waals surface area contributed by atoms with Gasteiger partial charge in [-0.15, -0.1) is 0 Å². The zero-order chi connectivity index (χ0) is 26.3. The molecule has 0 radical (unpaired) electrons. The van der Waals surface area contributed by atoms with Gasteiger partial charge in [-0.05, 0) is 36.8 Å². The van der Waals surface area contributed by atoms with Gasteiger partial charge < -0.3 is 34.5 Å². The Morgan fingerprint density at radius 2 is 1.75 bits per heavy atom. The molecule has 1 fully saturated rings. The first-order valence-corrected chi connectivity index (χ1v) is 11.9. The average Bonchev–Trinajstić information content (AvgIpc) is 2.85. The molecule has 1 saturated heterocycles. The van der Waals surface area contributed by atoms with Crippen LogP contribution < -0.4 is 10.1 Å². The predicted octanol–water partition coefficient (Wildman–Crippen LogP) is 3.84. The minimum Gasteiger partial charge on any atom is -0.507 e. The second-order valence-electron chi connectivity index (χ2n) is 10.4. The van der Waals surface area contributed by atoms with E-state index >= 15 is 0 Å². The smallest absolute Gasteiger partial charge is 0.257 e. The molecular weight excluding hydrogens is 462 g/mol. The van der Waals surface area contributed by atoms with Crippen LogP contribution in [-0.4, -0.2) is 61.9 Å². The van der Waals surface area contributed by atoms with E-state index in [1.165, 1.54) is 7.11 Å². The third-order valence-electron chi connectivity index (χ3n) is 7.37. The van der Waals surface area contributed by atoms with Gasteiger partial charge in [-0.25, -0.2) is 0 Å². The van der Waals surface area contributed by atoms with Crippen molar-refractivity contribution in [1.82, 2.24) is 0 Å². The fraction of sp³-hybridized carbons (Fsp3) is 0.464. The molecule has 0 spiro atoms. The van der Waals surface area contributed by atoms with Gasteiger partial charge >= 0.3 is 0 Å². The van der Waals surface area contributed by atoms with Crippen molar-refractivity contribution in [2.45, 2.75) is 50.6 Å². The van der Waals surface area contributed by atoms with Gasteiger partial charge in [0.1, 0.15) is 11.5 Å². The Balaban J connectivity index is 1.77. The monoisotopic (exact) mass is 497 g/mol. The summed E-state index contributed by atoms with van der Waals surface area (Å²) in [6, 6.07) is 10.0. The van der Waals surface area contributed by atoms with Gasteiger partial charge in [-0.3, -0.25) is 4.79 Å². The molecule has 0 bridgehead atoms. The Hall–Kier alpha value is -2.91. The molecule has 4 rings (SSSR count). The Labute approximate surface area is 211 Å². The SMILES string of the molecule is COc1ccc(C2(O)c3c(ccc(/C=C/C4(C)CC(OC)C(C)(C)CO4)c3O)NC(=O)C2OC)cc1. The second-order valence-corrected chi connectivity index (χ2v) is 10.4. The summed E-state index contributed by atoms with van der Waals surface area (Å²) >= 11 is 0. The highest BCUT2D eigenvalue weighted by molar-refractivity contribution is 6.00. The van der Waals surface area contributed by atoms with Crippen LogP contribution in [0.4, 0.5) is 5.69 Å². The van der Waals surface area contributed by atoms with Crippen molar-refractivity contribution in [1.29, 1.82) is 0 Å². The number of carbonyl (C=O) groups excluding carboxylic acids is 1. The zero-order valence-corrected chi connectivity index (χ0v) is 21.6. The van der Waals surface area contributed by atoms with Crippen LogP contribution in [0.25, 0.3) is 6.08 Å². The second kappa shape index (κ2) is 9.52. The maximum atomic E-state index is 12.8. The number of hydrogen-bond donors (Lipinski definition) is 3. The predicted molar refractivity (Wildman–Crippen MR) is 136 cm³/mol. The van der Waals surface area contributed by atoms with Crippen LogP contribution in [0.5, 0.6) is 11.5 Å². The maximum Gasteiger partial charge on any atom is 0.257 e. The van der Waals surface area contributed by atoms with Crippen molar-refractivity contribution in [2.24, 2.45) is 5.41 Å². The van der Waals surface area contributed by atoms with Gasteiger partial charge in [-0.2, -0.15) is 0 Å².